The fourth-order valence-electron chi connectivity index (χ4n) is 2.77. The van der Waals surface area contributed by atoms with E-state index in [0.717, 1.165) is 12.3 Å². The van der Waals surface area contributed by atoms with E-state index in [9.17, 15) is 0 Å². The van der Waals surface area contributed by atoms with Gasteiger partial charge in [0.15, 0.2) is 0 Å². The Labute approximate surface area is 140 Å². The van der Waals surface area contributed by atoms with Gasteiger partial charge in [-0.3, -0.25) is 0 Å². The molecule has 0 unspecified atom stereocenters. The van der Waals surface area contributed by atoms with E-state index in [0.29, 0.717) is 0 Å². The molecule has 0 aliphatic carbocycles. The predicted octanol–water partition coefficient (Wildman–Crippen LogP) is 6.38. The third kappa shape index (κ3) is 20.3. The zero-order valence-corrected chi connectivity index (χ0v) is 15.6. The van der Waals surface area contributed by atoms with Gasteiger partial charge < -0.3 is 5.32 Å². The Balaban J connectivity index is 2.90. The topological polar surface area (TPSA) is 12.0 Å². The van der Waals surface area contributed by atoms with Gasteiger partial charge in [0.25, 0.3) is 0 Å². The Bertz CT molecular complexity index is 155. The number of hydrogen-bond donors (Lipinski definition) is 2. The van der Waals surface area contributed by atoms with Crippen LogP contribution >= 0.6 is 12.6 Å². The van der Waals surface area contributed by atoms with Gasteiger partial charge in [0, 0.05) is 0 Å². The van der Waals surface area contributed by atoms with Crippen LogP contribution in [0.2, 0.25) is 0 Å². The predicted molar refractivity (Wildman–Crippen MR) is 102 cm³/mol. The maximum atomic E-state index is 4.21. The van der Waals surface area contributed by atoms with Crippen molar-refractivity contribution in [3.8, 4) is 0 Å². The molecule has 0 aromatic heterocycles. The van der Waals surface area contributed by atoms with E-state index < -0.39 is 0 Å². The number of thiol groups is 1. The second-order valence-electron chi connectivity index (χ2n) is 6.42. The van der Waals surface area contributed by atoms with Gasteiger partial charge in [0.1, 0.15) is 0 Å². The zero-order chi connectivity index (χ0) is 15.4. The van der Waals surface area contributed by atoms with E-state index >= 15 is 0 Å². The molecule has 128 valence electrons. The van der Waals surface area contributed by atoms with Crippen molar-refractivity contribution in [3.63, 3.8) is 0 Å². The monoisotopic (exact) mass is 315 g/mol. The lowest BCUT2D eigenvalue weighted by Crippen LogP contribution is -2.16. The summed E-state index contributed by atoms with van der Waals surface area (Å²) < 4.78 is 0. The van der Waals surface area contributed by atoms with Crippen LogP contribution in [0.4, 0.5) is 0 Å². The highest BCUT2D eigenvalue weighted by Gasteiger charge is 1.94. The van der Waals surface area contributed by atoms with Crippen molar-refractivity contribution in [1.29, 1.82) is 0 Å². The molecule has 1 N–H and O–H groups in total. The largest absolute Gasteiger partial charge is 0.317 e. The Morgan fingerprint density at radius 1 is 0.524 bits per heavy atom. The fourth-order valence-corrected chi connectivity index (χ4v) is 2.93. The maximum absolute atomic E-state index is 4.21. The van der Waals surface area contributed by atoms with Crippen LogP contribution in [-0.2, 0) is 0 Å². The molecular formula is C19H41NS. The molecular weight excluding hydrogens is 274 g/mol. The summed E-state index contributed by atoms with van der Waals surface area (Å²) in [5.41, 5.74) is 0. The standard InChI is InChI=1S/C19H41NS/c1-2-3-4-5-6-7-8-9-10-11-12-13-14-15-17-20-18-16-19-21/h20-21H,2-19H2,1H3. The minimum atomic E-state index is 1.01. The average Bonchev–Trinajstić information content (AvgIpc) is 2.50. The minimum Gasteiger partial charge on any atom is -0.317 e. The van der Waals surface area contributed by atoms with E-state index in [1.165, 1.54) is 103 Å². The van der Waals surface area contributed by atoms with Crippen molar-refractivity contribution in [2.75, 3.05) is 18.8 Å². The normalized spacial score (nSPS) is 11.1. The molecule has 1 nitrogen and oxygen atoms in total. The third-order valence-corrected chi connectivity index (χ3v) is 4.54. The lowest BCUT2D eigenvalue weighted by molar-refractivity contribution is 0.529. The molecule has 2 heteroatoms. The van der Waals surface area contributed by atoms with Crippen molar-refractivity contribution in [1.82, 2.24) is 5.32 Å². The van der Waals surface area contributed by atoms with Crippen LogP contribution in [0.3, 0.4) is 0 Å². The van der Waals surface area contributed by atoms with E-state index in [1.54, 1.807) is 0 Å². The minimum absolute atomic E-state index is 1.01. The van der Waals surface area contributed by atoms with Crippen LogP contribution in [0.25, 0.3) is 0 Å². The van der Waals surface area contributed by atoms with Crippen LogP contribution in [0, 0.1) is 0 Å². The number of unbranched alkanes of at least 4 members (excludes halogenated alkanes) is 13. The van der Waals surface area contributed by atoms with Gasteiger partial charge >= 0.3 is 0 Å². The molecule has 0 aliphatic rings. The van der Waals surface area contributed by atoms with Crippen molar-refractivity contribution >= 4 is 12.6 Å². The van der Waals surface area contributed by atoms with Crippen LogP contribution < -0.4 is 5.32 Å². The maximum Gasteiger partial charge on any atom is -0.00411 e. The highest BCUT2D eigenvalue weighted by atomic mass is 32.1. The van der Waals surface area contributed by atoms with Crippen molar-refractivity contribution in [2.24, 2.45) is 0 Å². The summed E-state index contributed by atoms with van der Waals surface area (Å²) in [4.78, 5) is 0. The second kappa shape index (κ2) is 20.3. The first-order valence-electron chi connectivity index (χ1n) is 9.73. The molecule has 0 rings (SSSR count). The van der Waals surface area contributed by atoms with Crippen molar-refractivity contribution < 1.29 is 0 Å². The smallest absolute Gasteiger partial charge is 0.00411 e. The molecule has 0 bridgehead atoms. The lowest BCUT2D eigenvalue weighted by atomic mass is 10.0. The molecule has 0 aliphatic heterocycles. The summed E-state index contributed by atoms with van der Waals surface area (Å²) in [5, 5.41) is 3.48. The Kier molecular flexibility index (Phi) is 20.6. The number of nitrogens with one attached hydrogen (secondary N) is 1. The van der Waals surface area contributed by atoms with Gasteiger partial charge in [0.05, 0.1) is 0 Å². The SMILES string of the molecule is CCCCCCCCCCCCCCCCNCCCS. The molecule has 0 aromatic rings. The summed E-state index contributed by atoms with van der Waals surface area (Å²) in [6.45, 7) is 4.63. The quantitative estimate of drug-likeness (QED) is 0.221. The summed E-state index contributed by atoms with van der Waals surface area (Å²) in [6.07, 6.45) is 21.4. The summed E-state index contributed by atoms with van der Waals surface area (Å²) in [5.74, 6) is 1.01. The molecule has 0 amide bonds. The summed E-state index contributed by atoms with van der Waals surface area (Å²) >= 11 is 4.21. The van der Waals surface area contributed by atoms with Gasteiger partial charge in [-0.05, 0) is 31.7 Å². The van der Waals surface area contributed by atoms with Crippen molar-refractivity contribution in [2.45, 2.75) is 103 Å². The van der Waals surface area contributed by atoms with E-state index in [-0.39, 0.29) is 0 Å². The van der Waals surface area contributed by atoms with Gasteiger partial charge in [-0.15, -0.1) is 0 Å². The Morgan fingerprint density at radius 3 is 1.33 bits per heavy atom. The highest BCUT2D eigenvalue weighted by Crippen LogP contribution is 2.12. The molecule has 21 heavy (non-hydrogen) atoms. The molecule has 0 radical (unpaired) electrons. The van der Waals surface area contributed by atoms with E-state index in [1.807, 2.05) is 0 Å². The first-order chi connectivity index (χ1) is 10.4. The van der Waals surface area contributed by atoms with Gasteiger partial charge in [-0.25, -0.2) is 0 Å². The summed E-state index contributed by atoms with van der Waals surface area (Å²) in [7, 11) is 0. The Hall–Kier alpha value is 0.310. The van der Waals surface area contributed by atoms with Gasteiger partial charge in [-0.2, -0.15) is 12.6 Å². The van der Waals surface area contributed by atoms with Gasteiger partial charge in [0.2, 0.25) is 0 Å². The molecule has 0 aromatic carbocycles. The Morgan fingerprint density at radius 2 is 0.905 bits per heavy atom. The fraction of sp³-hybridized carbons (Fsp3) is 1.00. The highest BCUT2D eigenvalue weighted by molar-refractivity contribution is 7.80. The molecule has 0 fully saturated rings. The molecule has 0 spiro atoms. The van der Waals surface area contributed by atoms with Crippen LogP contribution in [0.1, 0.15) is 103 Å². The third-order valence-electron chi connectivity index (χ3n) is 4.22. The van der Waals surface area contributed by atoms with Crippen molar-refractivity contribution in [3.05, 3.63) is 0 Å². The second-order valence-corrected chi connectivity index (χ2v) is 6.87. The molecule has 0 saturated heterocycles. The average molecular weight is 316 g/mol. The van der Waals surface area contributed by atoms with E-state index in [4.69, 9.17) is 0 Å². The lowest BCUT2D eigenvalue weighted by Gasteiger charge is -2.04. The van der Waals surface area contributed by atoms with Crippen LogP contribution in [0.15, 0.2) is 0 Å². The van der Waals surface area contributed by atoms with Crippen LogP contribution in [0.5, 0.6) is 0 Å². The zero-order valence-electron chi connectivity index (χ0n) is 14.7. The molecule has 0 saturated carbocycles. The van der Waals surface area contributed by atoms with Crippen LogP contribution in [-0.4, -0.2) is 18.8 Å². The number of hydrogen-bond acceptors (Lipinski definition) is 2. The van der Waals surface area contributed by atoms with Gasteiger partial charge in [-0.1, -0.05) is 90.4 Å². The summed E-state index contributed by atoms with van der Waals surface area (Å²) in [6, 6.07) is 0. The molecule has 0 atom stereocenters. The molecule has 0 heterocycles. The van der Waals surface area contributed by atoms with E-state index in [2.05, 4.69) is 24.9 Å². The number of rotatable bonds is 18. The first-order valence-corrected chi connectivity index (χ1v) is 10.4. The first kappa shape index (κ1) is 21.3.